The maximum Gasteiger partial charge on any atom is 0.165 e. The highest BCUT2D eigenvalue weighted by Crippen LogP contribution is 2.29. The molecule has 0 unspecified atom stereocenters. The third kappa shape index (κ3) is 2.01. The Morgan fingerprint density at radius 1 is 1.29 bits per heavy atom. The van der Waals surface area contributed by atoms with Crippen LogP contribution in [0.25, 0.3) is 22.4 Å². The lowest BCUT2D eigenvalue weighted by molar-refractivity contribution is 0.386. The van der Waals surface area contributed by atoms with Crippen LogP contribution in [0.3, 0.4) is 0 Å². The predicted octanol–water partition coefficient (Wildman–Crippen LogP) is 3.26. The number of imidazole rings is 1. The highest BCUT2D eigenvalue weighted by Gasteiger charge is 2.14. The van der Waals surface area contributed by atoms with E-state index in [4.69, 9.17) is 10.00 Å². The molecule has 1 heterocycles. The van der Waals surface area contributed by atoms with Crippen molar-refractivity contribution >= 4 is 11.0 Å². The summed E-state index contributed by atoms with van der Waals surface area (Å²) in [5.41, 5.74) is 2.74. The molecule has 0 amide bonds. The quantitative estimate of drug-likeness (QED) is 0.724. The van der Waals surface area contributed by atoms with Gasteiger partial charge < -0.3 is 9.30 Å². The van der Waals surface area contributed by atoms with Crippen LogP contribution in [0.4, 0.5) is 4.39 Å². The molecule has 2 aromatic carbocycles. The molecule has 3 aromatic rings. The first-order chi connectivity index (χ1) is 10.2. The molecular formula is C16H12FN3O. The van der Waals surface area contributed by atoms with Gasteiger partial charge in [0.15, 0.2) is 11.6 Å². The molecule has 0 N–H and O–H groups in total. The van der Waals surface area contributed by atoms with E-state index < -0.39 is 5.82 Å². The molecule has 0 radical (unpaired) electrons. The van der Waals surface area contributed by atoms with Gasteiger partial charge >= 0.3 is 0 Å². The fourth-order valence-electron chi connectivity index (χ4n) is 2.36. The molecule has 3 rings (SSSR count). The molecule has 4 nitrogen and oxygen atoms in total. The third-order valence-corrected chi connectivity index (χ3v) is 3.44. The third-order valence-electron chi connectivity index (χ3n) is 3.44. The molecule has 0 aliphatic heterocycles. The number of nitriles is 1. The monoisotopic (exact) mass is 281 g/mol. The van der Waals surface area contributed by atoms with Crippen LogP contribution in [0.15, 0.2) is 36.4 Å². The smallest absolute Gasteiger partial charge is 0.165 e. The number of aryl methyl sites for hydroxylation is 1. The Morgan fingerprint density at radius 2 is 2.10 bits per heavy atom. The summed E-state index contributed by atoms with van der Waals surface area (Å²) in [6.07, 6.45) is 0. The van der Waals surface area contributed by atoms with Crippen molar-refractivity contribution in [1.82, 2.24) is 9.55 Å². The van der Waals surface area contributed by atoms with Gasteiger partial charge in [-0.3, -0.25) is 0 Å². The Morgan fingerprint density at radius 3 is 2.81 bits per heavy atom. The first kappa shape index (κ1) is 13.1. The zero-order chi connectivity index (χ0) is 15.0. The number of rotatable bonds is 2. The Kier molecular flexibility index (Phi) is 3.07. The summed E-state index contributed by atoms with van der Waals surface area (Å²) < 4.78 is 20.4. The number of ether oxygens (including phenoxy) is 1. The van der Waals surface area contributed by atoms with Crippen molar-refractivity contribution in [1.29, 1.82) is 5.26 Å². The van der Waals surface area contributed by atoms with Crippen LogP contribution < -0.4 is 4.74 Å². The first-order valence-corrected chi connectivity index (χ1v) is 6.35. The van der Waals surface area contributed by atoms with Gasteiger partial charge in [0.25, 0.3) is 0 Å². The SMILES string of the molecule is COc1cc(-c2nc3c(C#N)cccc3n2C)ccc1F. The van der Waals surface area contributed by atoms with E-state index in [1.165, 1.54) is 13.2 Å². The first-order valence-electron chi connectivity index (χ1n) is 6.35. The van der Waals surface area contributed by atoms with Crippen LogP contribution in [0.5, 0.6) is 5.75 Å². The van der Waals surface area contributed by atoms with Gasteiger partial charge in [0.05, 0.1) is 18.2 Å². The molecule has 104 valence electrons. The van der Waals surface area contributed by atoms with Crippen molar-refractivity contribution in [3.05, 3.63) is 47.8 Å². The molecule has 0 fully saturated rings. The van der Waals surface area contributed by atoms with Gasteiger partial charge in [-0.05, 0) is 30.3 Å². The van der Waals surface area contributed by atoms with E-state index in [0.717, 1.165) is 11.1 Å². The van der Waals surface area contributed by atoms with E-state index >= 15 is 0 Å². The van der Waals surface area contributed by atoms with Gasteiger partial charge in [0.1, 0.15) is 17.4 Å². The van der Waals surface area contributed by atoms with E-state index in [0.29, 0.717) is 16.9 Å². The topological polar surface area (TPSA) is 50.8 Å². The highest BCUT2D eigenvalue weighted by atomic mass is 19.1. The lowest BCUT2D eigenvalue weighted by Gasteiger charge is -2.06. The maximum absolute atomic E-state index is 13.5. The van der Waals surface area contributed by atoms with Crippen molar-refractivity contribution in [3.63, 3.8) is 0 Å². The van der Waals surface area contributed by atoms with E-state index in [1.807, 2.05) is 23.7 Å². The standard InChI is InChI=1S/C16H12FN3O/c1-20-13-5-3-4-11(9-18)15(13)19-16(20)10-6-7-12(17)14(8-10)21-2/h3-8H,1-2H3. The molecule has 0 atom stereocenters. The van der Waals surface area contributed by atoms with Gasteiger partial charge in [-0.1, -0.05) is 6.07 Å². The summed E-state index contributed by atoms with van der Waals surface area (Å²) in [5, 5.41) is 9.16. The van der Waals surface area contributed by atoms with Crippen molar-refractivity contribution in [3.8, 4) is 23.2 Å². The number of fused-ring (bicyclic) bond motifs is 1. The molecular weight excluding hydrogens is 269 g/mol. The zero-order valence-corrected chi connectivity index (χ0v) is 11.6. The minimum absolute atomic E-state index is 0.167. The summed E-state index contributed by atoms with van der Waals surface area (Å²) in [7, 11) is 3.28. The Labute approximate surface area is 121 Å². The van der Waals surface area contributed by atoms with Gasteiger partial charge in [-0.15, -0.1) is 0 Å². The van der Waals surface area contributed by atoms with E-state index in [-0.39, 0.29) is 5.75 Å². The van der Waals surface area contributed by atoms with E-state index in [1.54, 1.807) is 18.2 Å². The minimum atomic E-state index is -0.419. The minimum Gasteiger partial charge on any atom is -0.494 e. The van der Waals surface area contributed by atoms with Crippen LogP contribution in [-0.2, 0) is 7.05 Å². The summed E-state index contributed by atoms with van der Waals surface area (Å²) >= 11 is 0. The molecule has 0 spiro atoms. The second kappa shape index (κ2) is 4.91. The van der Waals surface area contributed by atoms with Crippen molar-refractivity contribution in [2.24, 2.45) is 7.05 Å². The number of methoxy groups -OCH3 is 1. The van der Waals surface area contributed by atoms with Gasteiger partial charge in [-0.25, -0.2) is 9.37 Å². The van der Waals surface area contributed by atoms with Crippen molar-refractivity contribution in [2.45, 2.75) is 0 Å². The Bertz CT molecular complexity index is 877. The lowest BCUT2D eigenvalue weighted by atomic mass is 10.2. The summed E-state index contributed by atoms with van der Waals surface area (Å²) in [6, 6.07) is 12.2. The number of hydrogen-bond donors (Lipinski definition) is 0. The highest BCUT2D eigenvalue weighted by molar-refractivity contribution is 5.85. The fourth-order valence-corrected chi connectivity index (χ4v) is 2.36. The van der Waals surface area contributed by atoms with Crippen LogP contribution >= 0.6 is 0 Å². The van der Waals surface area contributed by atoms with Crippen LogP contribution in [0.1, 0.15) is 5.56 Å². The number of benzene rings is 2. The molecule has 0 aliphatic carbocycles. The number of hydrogen-bond acceptors (Lipinski definition) is 3. The molecule has 5 heteroatoms. The summed E-state index contributed by atoms with van der Waals surface area (Å²) in [4.78, 5) is 4.52. The normalized spacial score (nSPS) is 10.6. The number of halogens is 1. The fraction of sp³-hybridized carbons (Fsp3) is 0.125. The van der Waals surface area contributed by atoms with Crippen LogP contribution in [-0.4, -0.2) is 16.7 Å². The molecule has 0 bridgehead atoms. The average Bonchev–Trinajstić information content (AvgIpc) is 2.85. The predicted molar refractivity (Wildman–Crippen MR) is 77.4 cm³/mol. The number of nitrogens with zero attached hydrogens (tertiary/aromatic N) is 3. The largest absolute Gasteiger partial charge is 0.494 e. The number of aromatic nitrogens is 2. The molecule has 1 aromatic heterocycles. The van der Waals surface area contributed by atoms with Crippen LogP contribution in [0, 0.1) is 17.1 Å². The van der Waals surface area contributed by atoms with Crippen molar-refractivity contribution < 1.29 is 9.13 Å². The second-order valence-corrected chi connectivity index (χ2v) is 4.63. The number of para-hydroxylation sites is 1. The van der Waals surface area contributed by atoms with Gasteiger partial charge in [-0.2, -0.15) is 5.26 Å². The molecule has 0 aliphatic rings. The molecule has 0 saturated heterocycles. The lowest BCUT2D eigenvalue weighted by Crippen LogP contribution is -1.94. The van der Waals surface area contributed by atoms with Crippen molar-refractivity contribution in [2.75, 3.05) is 7.11 Å². The van der Waals surface area contributed by atoms with Gasteiger partial charge in [0, 0.05) is 12.6 Å². The van der Waals surface area contributed by atoms with E-state index in [9.17, 15) is 4.39 Å². The van der Waals surface area contributed by atoms with E-state index in [2.05, 4.69) is 11.1 Å². The summed E-state index contributed by atoms with van der Waals surface area (Å²) in [6.45, 7) is 0. The zero-order valence-electron chi connectivity index (χ0n) is 11.6. The Hall–Kier alpha value is -2.87. The molecule has 0 saturated carbocycles. The van der Waals surface area contributed by atoms with Gasteiger partial charge in [0.2, 0.25) is 0 Å². The van der Waals surface area contributed by atoms with Crippen LogP contribution in [0.2, 0.25) is 0 Å². The summed E-state index contributed by atoms with van der Waals surface area (Å²) in [5.74, 6) is 0.406. The Balaban J connectivity index is 2.26. The molecule has 21 heavy (non-hydrogen) atoms. The average molecular weight is 281 g/mol. The maximum atomic E-state index is 13.5. The second-order valence-electron chi connectivity index (χ2n) is 4.63.